The Morgan fingerprint density at radius 3 is 2.78 bits per heavy atom. The van der Waals surface area contributed by atoms with Crippen LogP contribution in [-0.2, 0) is 16.1 Å². The number of hydrogen-bond donors (Lipinski definition) is 1. The van der Waals surface area contributed by atoms with Gasteiger partial charge in [0.15, 0.2) is 5.76 Å². The fourth-order valence-electron chi connectivity index (χ4n) is 3.79. The molecule has 4 rings (SSSR count). The van der Waals surface area contributed by atoms with Crippen LogP contribution in [0.1, 0.15) is 30.5 Å². The average molecular weight is 367 g/mol. The molecule has 2 fully saturated rings. The van der Waals surface area contributed by atoms with E-state index in [9.17, 15) is 9.18 Å². The number of fused-ring (bicyclic) bond motifs is 1. The Hall–Kier alpha value is -2.73. The van der Waals surface area contributed by atoms with Crippen molar-refractivity contribution in [1.82, 2.24) is 9.88 Å². The summed E-state index contributed by atoms with van der Waals surface area (Å²) in [5.74, 6) is -0.173. The molecule has 3 atom stereocenters. The molecular formula is C21H22FN3O2. The highest BCUT2D eigenvalue weighted by molar-refractivity contribution is 5.96. The number of aromatic nitrogens is 1. The zero-order chi connectivity index (χ0) is 18.8. The van der Waals surface area contributed by atoms with Crippen LogP contribution < -0.4 is 5.73 Å². The fraction of sp³-hybridized carbons (Fsp3) is 0.333. The minimum atomic E-state index is -0.291. The highest BCUT2D eigenvalue weighted by atomic mass is 19.1. The second-order valence-electron chi connectivity index (χ2n) is 7.12. The van der Waals surface area contributed by atoms with Crippen molar-refractivity contribution in [2.45, 2.75) is 44.0 Å². The van der Waals surface area contributed by atoms with Crippen molar-refractivity contribution in [2.24, 2.45) is 5.73 Å². The molecule has 1 aliphatic heterocycles. The molecule has 0 spiro atoms. The SMILES string of the molecule is NC1CCC2O/C(=C/c3ccccn3)C(=O)N(Cc3ccc(F)cc3)C2C1. The van der Waals surface area contributed by atoms with Gasteiger partial charge in [0.05, 0.1) is 11.7 Å². The normalized spacial score (nSPS) is 26.6. The van der Waals surface area contributed by atoms with Crippen LogP contribution in [-0.4, -0.2) is 34.0 Å². The Balaban J connectivity index is 1.65. The van der Waals surface area contributed by atoms with E-state index in [2.05, 4.69) is 4.98 Å². The predicted molar refractivity (Wildman–Crippen MR) is 99.7 cm³/mol. The molecule has 2 aromatic rings. The molecule has 3 unspecified atom stereocenters. The number of halogens is 1. The van der Waals surface area contributed by atoms with Gasteiger partial charge in [-0.3, -0.25) is 9.78 Å². The van der Waals surface area contributed by atoms with Gasteiger partial charge in [-0.25, -0.2) is 4.39 Å². The molecule has 1 amide bonds. The van der Waals surface area contributed by atoms with E-state index in [0.29, 0.717) is 24.4 Å². The number of nitrogens with two attached hydrogens (primary N) is 1. The van der Waals surface area contributed by atoms with Gasteiger partial charge in [0.25, 0.3) is 5.91 Å². The molecule has 1 aromatic heterocycles. The van der Waals surface area contributed by atoms with Crippen molar-refractivity contribution in [2.75, 3.05) is 0 Å². The van der Waals surface area contributed by atoms with Crippen molar-refractivity contribution in [1.29, 1.82) is 0 Å². The van der Waals surface area contributed by atoms with Crippen LogP contribution in [0.25, 0.3) is 6.08 Å². The van der Waals surface area contributed by atoms with Gasteiger partial charge < -0.3 is 15.4 Å². The molecule has 2 heterocycles. The van der Waals surface area contributed by atoms with Gasteiger partial charge >= 0.3 is 0 Å². The number of carbonyl (C=O) groups excluding carboxylic acids is 1. The van der Waals surface area contributed by atoms with E-state index >= 15 is 0 Å². The first-order valence-corrected chi connectivity index (χ1v) is 9.20. The van der Waals surface area contributed by atoms with Gasteiger partial charge in [-0.15, -0.1) is 0 Å². The van der Waals surface area contributed by atoms with Crippen LogP contribution in [0.2, 0.25) is 0 Å². The van der Waals surface area contributed by atoms with Crippen LogP contribution in [0.5, 0.6) is 0 Å². The lowest BCUT2D eigenvalue weighted by Gasteiger charge is -2.46. The number of rotatable bonds is 3. The van der Waals surface area contributed by atoms with Crippen molar-refractivity contribution in [3.05, 3.63) is 71.5 Å². The third-order valence-electron chi connectivity index (χ3n) is 5.18. The lowest BCUT2D eigenvalue weighted by atomic mass is 9.86. The molecule has 5 nitrogen and oxygen atoms in total. The fourth-order valence-corrected chi connectivity index (χ4v) is 3.79. The van der Waals surface area contributed by atoms with E-state index in [1.54, 1.807) is 24.4 Å². The maximum atomic E-state index is 13.2. The van der Waals surface area contributed by atoms with Crippen molar-refractivity contribution in [3.8, 4) is 0 Å². The summed E-state index contributed by atoms with van der Waals surface area (Å²) in [6.07, 6.45) is 5.66. The predicted octanol–water partition coefficient (Wildman–Crippen LogP) is 2.87. The number of morpholine rings is 1. The maximum Gasteiger partial charge on any atom is 0.289 e. The molecule has 6 heteroatoms. The molecule has 0 radical (unpaired) electrons. The van der Waals surface area contributed by atoms with Crippen molar-refractivity contribution >= 4 is 12.0 Å². The molecule has 27 heavy (non-hydrogen) atoms. The number of carbonyl (C=O) groups is 1. The summed E-state index contributed by atoms with van der Waals surface area (Å²) in [6, 6.07) is 11.7. The average Bonchev–Trinajstić information content (AvgIpc) is 2.68. The monoisotopic (exact) mass is 367 g/mol. The standard InChI is InChI=1S/C21H22FN3O2/c22-15-6-4-14(5-7-15)13-25-18-11-16(23)8-9-19(18)27-20(21(25)26)12-17-3-1-2-10-24-17/h1-7,10,12,16,18-19H,8-9,11,13,23H2/b20-12+. The van der Waals surface area contributed by atoms with E-state index < -0.39 is 0 Å². The first-order valence-electron chi connectivity index (χ1n) is 9.20. The van der Waals surface area contributed by atoms with Gasteiger partial charge in [0, 0.05) is 24.9 Å². The quantitative estimate of drug-likeness (QED) is 0.847. The molecule has 1 aromatic carbocycles. The molecule has 2 N–H and O–H groups in total. The van der Waals surface area contributed by atoms with Crippen LogP contribution in [0.15, 0.2) is 54.4 Å². The summed E-state index contributed by atoms with van der Waals surface area (Å²) in [5.41, 5.74) is 7.70. The van der Waals surface area contributed by atoms with Gasteiger partial charge in [-0.2, -0.15) is 0 Å². The number of nitrogens with zero attached hydrogens (tertiary/aromatic N) is 2. The van der Waals surface area contributed by atoms with Gasteiger partial charge in [-0.1, -0.05) is 18.2 Å². The van der Waals surface area contributed by atoms with E-state index in [1.807, 2.05) is 23.1 Å². The number of ether oxygens (including phenoxy) is 1. The lowest BCUT2D eigenvalue weighted by molar-refractivity contribution is -0.150. The number of amides is 1. The molecule has 2 aliphatic rings. The summed E-state index contributed by atoms with van der Waals surface area (Å²) in [7, 11) is 0. The lowest BCUT2D eigenvalue weighted by Crippen LogP contribution is -2.57. The van der Waals surface area contributed by atoms with Crippen LogP contribution >= 0.6 is 0 Å². The Morgan fingerprint density at radius 2 is 2.04 bits per heavy atom. The first kappa shape index (κ1) is 17.7. The first-order chi connectivity index (χ1) is 13.1. The van der Waals surface area contributed by atoms with Crippen LogP contribution in [0.4, 0.5) is 4.39 Å². The molecular weight excluding hydrogens is 345 g/mol. The Kier molecular flexibility index (Phi) is 4.90. The summed E-state index contributed by atoms with van der Waals surface area (Å²) >= 11 is 0. The zero-order valence-electron chi connectivity index (χ0n) is 14.9. The highest BCUT2D eigenvalue weighted by Crippen LogP contribution is 2.33. The van der Waals surface area contributed by atoms with E-state index in [4.69, 9.17) is 10.5 Å². The molecule has 1 aliphatic carbocycles. The Morgan fingerprint density at radius 1 is 1.22 bits per heavy atom. The second-order valence-corrected chi connectivity index (χ2v) is 7.12. The second kappa shape index (κ2) is 7.48. The number of hydrogen-bond acceptors (Lipinski definition) is 4. The minimum absolute atomic E-state index is 0.0553. The summed E-state index contributed by atoms with van der Waals surface area (Å²) in [4.78, 5) is 19.2. The molecule has 1 saturated carbocycles. The highest BCUT2D eigenvalue weighted by Gasteiger charge is 2.43. The third-order valence-corrected chi connectivity index (χ3v) is 5.18. The van der Waals surface area contributed by atoms with Crippen molar-refractivity contribution in [3.63, 3.8) is 0 Å². The Bertz CT molecular complexity index is 838. The number of pyridine rings is 1. The van der Waals surface area contributed by atoms with Crippen LogP contribution in [0.3, 0.4) is 0 Å². The Labute approximate surface area is 157 Å². The van der Waals surface area contributed by atoms with Gasteiger partial charge in [0.1, 0.15) is 11.9 Å². The van der Waals surface area contributed by atoms with Crippen LogP contribution in [0, 0.1) is 5.82 Å². The van der Waals surface area contributed by atoms with E-state index in [0.717, 1.165) is 18.4 Å². The number of benzene rings is 1. The van der Waals surface area contributed by atoms with Crippen molar-refractivity contribution < 1.29 is 13.9 Å². The summed E-state index contributed by atoms with van der Waals surface area (Å²) < 4.78 is 19.3. The van der Waals surface area contributed by atoms with E-state index in [1.165, 1.54) is 12.1 Å². The zero-order valence-corrected chi connectivity index (χ0v) is 14.9. The summed E-state index contributed by atoms with van der Waals surface area (Å²) in [6.45, 7) is 0.399. The largest absolute Gasteiger partial charge is 0.482 e. The summed E-state index contributed by atoms with van der Waals surface area (Å²) in [5, 5.41) is 0. The topological polar surface area (TPSA) is 68.5 Å². The molecule has 1 saturated heterocycles. The third kappa shape index (κ3) is 3.85. The molecule has 0 bridgehead atoms. The van der Waals surface area contributed by atoms with Gasteiger partial charge in [0.2, 0.25) is 0 Å². The molecule has 140 valence electrons. The minimum Gasteiger partial charge on any atom is -0.482 e. The smallest absolute Gasteiger partial charge is 0.289 e. The maximum absolute atomic E-state index is 13.2. The van der Waals surface area contributed by atoms with E-state index in [-0.39, 0.29) is 29.9 Å². The van der Waals surface area contributed by atoms with Gasteiger partial charge in [-0.05, 0) is 49.1 Å².